The molecule has 0 radical (unpaired) electrons. The number of hydrogen-bond acceptors (Lipinski definition) is 13. The molecule has 36 heavy (non-hydrogen) atoms. The van der Waals surface area contributed by atoms with E-state index in [1.807, 2.05) is 0 Å². The molecular formula is C20H31N4O11P. The first-order chi connectivity index (χ1) is 16.8. The third-order valence-corrected chi connectivity index (χ3v) is 7.02. The molecule has 1 fully saturated rings. The number of nitrogen functional groups attached to an aromatic ring is 1. The van der Waals surface area contributed by atoms with Gasteiger partial charge in [0.1, 0.15) is 24.2 Å². The number of fused-ring (bicyclic) bond motifs is 4. The number of nitrogens with zero attached hydrogens (tertiary/aromatic N) is 2. The van der Waals surface area contributed by atoms with E-state index >= 15 is 0 Å². The summed E-state index contributed by atoms with van der Waals surface area (Å²) in [6, 6.07) is 0.320. The van der Waals surface area contributed by atoms with E-state index in [2.05, 4.69) is 14.8 Å². The minimum atomic E-state index is -4.37. The molecule has 0 spiro atoms. The van der Waals surface area contributed by atoms with E-state index in [0.29, 0.717) is 5.69 Å². The molecule has 16 heteroatoms. The molecule has 3 heterocycles. The van der Waals surface area contributed by atoms with Crippen LogP contribution in [0.15, 0.2) is 10.9 Å². The largest absolute Gasteiger partial charge is 0.510 e. The number of ether oxygens (including phenoxy) is 4. The van der Waals surface area contributed by atoms with Gasteiger partial charge < -0.3 is 29.8 Å². The predicted octanol–water partition coefficient (Wildman–Crippen LogP) is 0.771. The zero-order valence-electron chi connectivity index (χ0n) is 20.5. The molecule has 0 bridgehead atoms. The number of nitrogens with one attached hydrogen (secondary N) is 1. The zero-order chi connectivity index (χ0) is 26.8. The molecule has 1 saturated heterocycles. The van der Waals surface area contributed by atoms with Crippen molar-refractivity contribution in [3.8, 4) is 0 Å². The maximum atomic E-state index is 13.5. The minimum absolute atomic E-state index is 0.0107. The van der Waals surface area contributed by atoms with Gasteiger partial charge in [-0.05, 0) is 34.6 Å². The summed E-state index contributed by atoms with van der Waals surface area (Å²) < 4.78 is 45.9. The van der Waals surface area contributed by atoms with Crippen LogP contribution < -0.4 is 16.5 Å². The summed E-state index contributed by atoms with van der Waals surface area (Å²) in [6.07, 6.45) is -5.87. The number of aliphatic hydroxyl groups excluding tert-OH is 1. The highest BCUT2D eigenvalue weighted by Crippen LogP contribution is 2.51. The fourth-order valence-corrected chi connectivity index (χ4v) is 5.33. The Morgan fingerprint density at radius 3 is 2.64 bits per heavy atom. The molecule has 2 aliphatic rings. The van der Waals surface area contributed by atoms with Crippen molar-refractivity contribution in [3.05, 3.63) is 22.2 Å². The maximum absolute atomic E-state index is 13.5. The highest BCUT2D eigenvalue weighted by molar-refractivity contribution is 7.51. The second-order valence-corrected chi connectivity index (χ2v) is 10.2. The van der Waals surface area contributed by atoms with Crippen LogP contribution in [0.1, 0.15) is 52.5 Å². The van der Waals surface area contributed by atoms with Crippen molar-refractivity contribution < 1.29 is 47.3 Å². The van der Waals surface area contributed by atoms with Gasteiger partial charge in [0, 0.05) is 11.8 Å². The molecule has 1 aromatic heterocycles. The number of carbonyl (C=O) groups is 2. The first-order valence-electron chi connectivity index (χ1n) is 11.3. The minimum Gasteiger partial charge on any atom is -0.462 e. The normalized spacial score (nSPS) is 25.6. The van der Waals surface area contributed by atoms with Crippen molar-refractivity contribution in [2.75, 3.05) is 18.9 Å². The van der Waals surface area contributed by atoms with E-state index in [1.165, 1.54) is 24.5 Å². The Morgan fingerprint density at radius 2 is 2.00 bits per heavy atom. The van der Waals surface area contributed by atoms with E-state index in [1.54, 1.807) is 20.8 Å². The number of hydrogen-bond donors (Lipinski definition) is 3. The lowest BCUT2D eigenvalue weighted by molar-refractivity contribution is -0.149. The van der Waals surface area contributed by atoms with Gasteiger partial charge in [0.05, 0.1) is 31.3 Å². The van der Waals surface area contributed by atoms with Crippen LogP contribution in [-0.4, -0.2) is 70.6 Å². The Morgan fingerprint density at radius 1 is 1.31 bits per heavy atom. The van der Waals surface area contributed by atoms with Crippen molar-refractivity contribution in [2.24, 2.45) is 0 Å². The summed E-state index contributed by atoms with van der Waals surface area (Å²) in [5.74, 6) is -1.29. The maximum Gasteiger partial charge on any atom is 0.510 e. The van der Waals surface area contributed by atoms with E-state index in [4.69, 9.17) is 29.0 Å². The van der Waals surface area contributed by atoms with Gasteiger partial charge in [0.15, 0.2) is 0 Å². The Balaban J connectivity index is 1.70. The Kier molecular flexibility index (Phi) is 8.75. The lowest BCUT2D eigenvalue weighted by Crippen LogP contribution is -2.43. The lowest BCUT2D eigenvalue weighted by Gasteiger charge is -2.35. The van der Waals surface area contributed by atoms with Crippen molar-refractivity contribution in [2.45, 2.75) is 77.4 Å². The van der Waals surface area contributed by atoms with Gasteiger partial charge in [0.2, 0.25) is 6.29 Å². The Bertz CT molecular complexity index is 1080. The van der Waals surface area contributed by atoms with Gasteiger partial charge in [-0.3, -0.25) is 18.4 Å². The smallest absolute Gasteiger partial charge is 0.462 e. The van der Waals surface area contributed by atoms with Gasteiger partial charge >= 0.3 is 25.6 Å². The topological polar surface area (TPSA) is 200 Å². The average molecular weight is 534 g/mol. The quantitative estimate of drug-likeness (QED) is 0.204. The fourth-order valence-electron chi connectivity index (χ4n) is 3.78. The SMILES string of the molecule is CCOC(=O)OC(C)OP(=O)(N[C@@H](C)C(=O)OC(C)C)OC[C@H]1O[C@@H]2C(c3cc(N)nc(=O)n32)C1O. The van der Waals surface area contributed by atoms with Crippen molar-refractivity contribution in [3.63, 3.8) is 0 Å². The molecular weight excluding hydrogens is 503 g/mol. The molecule has 3 rings (SSSR count). The molecule has 2 aliphatic heterocycles. The van der Waals surface area contributed by atoms with Crippen molar-refractivity contribution in [1.82, 2.24) is 14.6 Å². The summed E-state index contributed by atoms with van der Waals surface area (Å²) in [7, 11) is -4.37. The highest BCUT2D eigenvalue weighted by Gasteiger charge is 2.54. The van der Waals surface area contributed by atoms with Crippen molar-refractivity contribution in [1.29, 1.82) is 0 Å². The third kappa shape index (κ3) is 6.22. The number of rotatable bonds is 11. The van der Waals surface area contributed by atoms with E-state index < -0.39 is 75.0 Å². The van der Waals surface area contributed by atoms with Crippen LogP contribution in [0.3, 0.4) is 0 Å². The molecule has 0 aromatic carbocycles. The monoisotopic (exact) mass is 534 g/mol. The number of aromatic nitrogens is 2. The molecule has 7 atom stereocenters. The fraction of sp³-hybridized carbons (Fsp3) is 0.700. The first-order valence-corrected chi connectivity index (χ1v) is 12.9. The second-order valence-electron chi connectivity index (χ2n) is 8.44. The zero-order valence-corrected chi connectivity index (χ0v) is 21.4. The number of anilines is 1. The van der Waals surface area contributed by atoms with E-state index in [0.717, 1.165) is 0 Å². The number of carbonyl (C=O) groups excluding carboxylic acids is 2. The Hall–Kier alpha value is -2.55. The molecule has 0 amide bonds. The van der Waals surface area contributed by atoms with Crippen LogP contribution in [0.5, 0.6) is 0 Å². The van der Waals surface area contributed by atoms with Crippen LogP contribution in [0.25, 0.3) is 0 Å². The molecule has 0 saturated carbocycles. The molecule has 1 aromatic rings. The third-order valence-electron chi connectivity index (χ3n) is 5.25. The van der Waals surface area contributed by atoms with Crippen LogP contribution in [0.2, 0.25) is 0 Å². The number of nitrogens with two attached hydrogens (primary N) is 1. The predicted molar refractivity (Wildman–Crippen MR) is 122 cm³/mol. The Labute approximate surface area is 206 Å². The van der Waals surface area contributed by atoms with Gasteiger partial charge in [-0.2, -0.15) is 4.98 Å². The van der Waals surface area contributed by atoms with Crippen LogP contribution in [-0.2, 0) is 37.4 Å². The molecule has 4 unspecified atom stereocenters. The molecule has 4 N–H and O–H groups in total. The summed E-state index contributed by atoms with van der Waals surface area (Å²) in [5.41, 5.74) is 5.45. The van der Waals surface area contributed by atoms with Crippen molar-refractivity contribution >= 4 is 25.7 Å². The summed E-state index contributed by atoms with van der Waals surface area (Å²) in [4.78, 5) is 39.6. The van der Waals surface area contributed by atoms with Gasteiger partial charge in [-0.15, -0.1) is 0 Å². The standard InChI is InChI=1S/C20H31N4O11P/c1-6-30-20(28)33-11(5)35-36(29,23-10(4)18(26)32-9(2)3)31-8-13-16(25)15-12-7-14(21)22-19(27)24(12)17(15)34-13/h7,9-11,13,15-17,25H,6,8H2,1-5H3,(H,23,29)(H2,21,22,27)/t10-,11?,13+,15?,16?,17+,36?/m0/s1. The summed E-state index contributed by atoms with van der Waals surface area (Å²) in [6.45, 7) is 7.08. The number of esters is 1. The second kappa shape index (κ2) is 11.2. The number of aliphatic hydroxyl groups is 1. The average Bonchev–Trinajstić information content (AvgIpc) is 3.00. The molecule has 0 aliphatic carbocycles. The van der Waals surface area contributed by atoms with E-state index in [9.17, 15) is 24.1 Å². The highest BCUT2D eigenvalue weighted by atomic mass is 31.2. The van der Waals surface area contributed by atoms with Crippen LogP contribution in [0.4, 0.5) is 10.6 Å². The summed E-state index contributed by atoms with van der Waals surface area (Å²) in [5, 5.41) is 13.2. The van der Waals surface area contributed by atoms with Gasteiger partial charge in [0.25, 0.3) is 0 Å². The molecule has 202 valence electrons. The van der Waals surface area contributed by atoms with E-state index in [-0.39, 0.29) is 12.4 Å². The lowest BCUT2D eigenvalue weighted by atomic mass is 9.89. The summed E-state index contributed by atoms with van der Waals surface area (Å²) >= 11 is 0. The van der Waals surface area contributed by atoms with Gasteiger partial charge in [-0.25, -0.2) is 19.2 Å². The van der Waals surface area contributed by atoms with Crippen LogP contribution in [0, 0.1) is 0 Å². The molecule has 15 nitrogen and oxygen atoms in total. The first kappa shape index (κ1) is 28.0. The van der Waals surface area contributed by atoms with Crippen LogP contribution >= 0.6 is 7.75 Å². The van der Waals surface area contributed by atoms with Gasteiger partial charge in [-0.1, -0.05) is 0 Å².